The molecule has 70 valence electrons. The first-order valence-corrected chi connectivity index (χ1v) is 3.40. The highest BCUT2D eigenvalue weighted by atomic mass is 19.4. The van der Waals surface area contributed by atoms with E-state index in [0.29, 0.717) is 6.07 Å². The molecule has 0 aromatic heterocycles. The molecule has 0 aliphatic heterocycles. The zero-order valence-electron chi connectivity index (χ0n) is 6.31. The lowest BCUT2D eigenvalue weighted by molar-refractivity contribution is 0.112. The van der Waals surface area contributed by atoms with Crippen LogP contribution in [0.25, 0.3) is 0 Å². The summed E-state index contributed by atoms with van der Waals surface area (Å²) < 4.78 is 49.1. The van der Waals surface area contributed by atoms with Crippen LogP contribution in [0.4, 0.5) is 17.3 Å². The Kier molecular flexibility index (Phi) is 2.40. The summed E-state index contributed by atoms with van der Waals surface area (Å²) in [5, 5.41) is 0. The highest BCUT2D eigenvalue weighted by Crippen LogP contribution is 2.13. The Morgan fingerprint density at radius 2 is 1.85 bits per heavy atom. The van der Waals surface area contributed by atoms with Crippen LogP contribution in [0.1, 0.15) is 10.4 Å². The summed E-state index contributed by atoms with van der Waals surface area (Å²) in [6.45, 7) is -5.33. The van der Waals surface area contributed by atoms with Gasteiger partial charge in [-0.05, 0) is 6.07 Å². The van der Waals surface area contributed by atoms with Gasteiger partial charge in [0.1, 0.15) is 12.1 Å². The van der Waals surface area contributed by atoms with Crippen molar-refractivity contribution < 1.29 is 22.1 Å². The molecule has 0 spiro atoms. The normalized spacial score (nSPS) is 11.4. The molecule has 0 N–H and O–H groups in total. The van der Waals surface area contributed by atoms with E-state index in [-0.39, 0.29) is 6.29 Å². The van der Waals surface area contributed by atoms with Crippen molar-refractivity contribution in [3.63, 3.8) is 0 Å². The fourth-order valence-electron chi connectivity index (χ4n) is 0.963. The fraction of sp³-hybridized carbons (Fsp3) is 0. The Morgan fingerprint density at radius 3 is 2.23 bits per heavy atom. The van der Waals surface area contributed by atoms with E-state index in [0.717, 1.165) is 12.1 Å². The maximum Gasteiger partial charge on any atom is 0.510 e. The third kappa shape index (κ3) is 1.88. The van der Waals surface area contributed by atoms with Crippen molar-refractivity contribution in [1.82, 2.24) is 0 Å². The van der Waals surface area contributed by atoms with Crippen molar-refractivity contribution >= 4 is 18.7 Å². The van der Waals surface area contributed by atoms with Crippen molar-refractivity contribution in [2.24, 2.45) is 0 Å². The average molecular weight is 191 g/mol. The second-order valence-electron chi connectivity index (χ2n) is 2.44. The molecule has 1 aromatic rings. The molecule has 0 fully saturated rings. The van der Waals surface area contributed by atoms with Gasteiger partial charge < -0.3 is 12.9 Å². The molecule has 1 rings (SSSR count). The average Bonchev–Trinajstić information content (AvgIpc) is 2.02. The minimum absolute atomic E-state index is 0.125. The van der Waals surface area contributed by atoms with Gasteiger partial charge >= 0.3 is 6.98 Å². The molecule has 0 unspecified atom stereocenters. The van der Waals surface area contributed by atoms with E-state index < -0.39 is 23.8 Å². The van der Waals surface area contributed by atoms with E-state index >= 15 is 0 Å². The summed E-state index contributed by atoms with van der Waals surface area (Å²) in [7, 11) is 0. The molecule has 0 heterocycles. The summed E-state index contributed by atoms with van der Waals surface area (Å²) in [6, 6.07) is 2.43. The van der Waals surface area contributed by atoms with Crippen LogP contribution < -0.4 is 5.46 Å². The summed E-state index contributed by atoms with van der Waals surface area (Å²) in [4.78, 5) is 10.2. The highest BCUT2D eigenvalue weighted by Gasteiger charge is 2.29. The van der Waals surface area contributed by atoms with E-state index in [4.69, 9.17) is 0 Å². The molecule has 0 amide bonds. The number of aldehydes is 1. The number of benzene rings is 1. The van der Waals surface area contributed by atoms with Crippen LogP contribution in [-0.4, -0.2) is 13.3 Å². The Bertz CT molecular complexity index is 334. The number of hydrogen-bond donors (Lipinski definition) is 0. The van der Waals surface area contributed by atoms with E-state index in [1.165, 1.54) is 0 Å². The number of carbonyl (C=O) groups is 1. The molecule has 13 heavy (non-hydrogen) atoms. The van der Waals surface area contributed by atoms with Gasteiger partial charge in [-0.1, -0.05) is 17.6 Å². The maximum absolute atomic E-state index is 12.7. The molecule has 0 radical (unpaired) electrons. The quantitative estimate of drug-likeness (QED) is 0.394. The van der Waals surface area contributed by atoms with Crippen LogP contribution in [-0.2, 0) is 0 Å². The van der Waals surface area contributed by atoms with E-state index in [1.807, 2.05) is 0 Å². The Morgan fingerprint density at radius 1 is 1.23 bits per heavy atom. The standard InChI is InChI=1S/C7H4BF4O/c9-7-3-1-2-6(5(7)4-13)8(10,11)12/h1-4H/q-1. The van der Waals surface area contributed by atoms with Crippen molar-refractivity contribution in [3.05, 3.63) is 29.6 Å². The van der Waals surface area contributed by atoms with Gasteiger partial charge in [-0.2, -0.15) is 0 Å². The van der Waals surface area contributed by atoms with Gasteiger partial charge in [-0.25, -0.2) is 4.39 Å². The Labute approximate surface area is 71.4 Å². The molecule has 0 atom stereocenters. The largest absolute Gasteiger partial charge is 0.510 e. The predicted molar refractivity (Wildman–Crippen MR) is 40.5 cm³/mol. The van der Waals surface area contributed by atoms with Crippen LogP contribution in [0.3, 0.4) is 0 Å². The minimum atomic E-state index is -5.33. The first-order chi connectivity index (χ1) is 5.96. The Hall–Kier alpha value is -1.33. The van der Waals surface area contributed by atoms with Crippen molar-refractivity contribution in [2.45, 2.75) is 0 Å². The molecule has 0 aliphatic rings. The SMILES string of the molecule is O=Cc1c(F)cccc1[B-](F)(F)F. The molecular formula is C7H4BF4O-. The maximum atomic E-state index is 12.7. The van der Waals surface area contributed by atoms with E-state index in [2.05, 4.69) is 0 Å². The molecular weight excluding hydrogens is 187 g/mol. The van der Waals surface area contributed by atoms with Crippen molar-refractivity contribution in [3.8, 4) is 0 Å². The molecule has 0 bridgehead atoms. The second-order valence-corrected chi connectivity index (χ2v) is 2.44. The highest BCUT2D eigenvalue weighted by molar-refractivity contribution is 6.74. The first kappa shape index (κ1) is 9.76. The van der Waals surface area contributed by atoms with Crippen molar-refractivity contribution in [1.29, 1.82) is 0 Å². The van der Waals surface area contributed by atoms with E-state index in [1.54, 1.807) is 0 Å². The molecule has 0 saturated heterocycles. The first-order valence-electron chi connectivity index (χ1n) is 3.40. The third-order valence-electron chi connectivity index (χ3n) is 1.56. The third-order valence-corrected chi connectivity index (χ3v) is 1.56. The lowest BCUT2D eigenvalue weighted by Crippen LogP contribution is -2.37. The van der Waals surface area contributed by atoms with Gasteiger partial charge in [0.2, 0.25) is 0 Å². The number of hydrogen-bond acceptors (Lipinski definition) is 1. The molecule has 0 saturated carbocycles. The van der Waals surface area contributed by atoms with Crippen LogP contribution in [0.5, 0.6) is 0 Å². The van der Waals surface area contributed by atoms with Gasteiger partial charge in [0, 0.05) is 5.56 Å². The summed E-state index contributed by atoms with van der Waals surface area (Å²) in [5.41, 5.74) is -2.11. The van der Waals surface area contributed by atoms with Crippen LogP contribution >= 0.6 is 0 Å². The lowest BCUT2D eigenvalue weighted by Gasteiger charge is -2.16. The molecule has 6 heteroatoms. The second kappa shape index (κ2) is 3.20. The number of rotatable bonds is 2. The zero-order chi connectivity index (χ0) is 10.1. The predicted octanol–water partition coefficient (Wildman–Crippen LogP) is 1.69. The van der Waals surface area contributed by atoms with Gasteiger partial charge in [-0.3, -0.25) is 4.79 Å². The Balaban J connectivity index is 3.37. The lowest BCUT2D eigenvalue weighted by atomic mass is 9.77. The van der Waals surface area contributed by atoms with E-state index in [9.17, 15) is 22.1 Å². The number of carbonyl (C=O) groups excluding carboxylic acids is 1. The van der Waals surface area contributed by atoms with Crippen LogP contribution in [0.15, 0.2) is 18.2 Å². The molecule has 0 aliphatic carbocycles. The van der Waals surface area contributed by atoms with Crippen LogP contribution in [0.2, 0.25) is 0 Å². The molecule has 1 aromatic carbocycles. The summed E-state index contributed by atoms with van der Waals surface area (Å²) >= 11 is 0. The monoisotopic (exact) mass is 191 g/mol. The van der Waals surface area contributed by atoms with Gasteiger partial charge in [0.15, 0.2) is 0 Å². The smallest absolute Gasteiger partial charge is 0.445 e. The van der Waals surface area contributed by atoms with Gasteiger partial charge in [0.25, 0.3) is 0 Å². The zero-order valence-corrected chi connectivity index (χ0v) is 6.31. The van der Waals surface area contributed by atoms with Gasteiger partial charge in [0.05, 0.1) is 0 Å². The number of halogens is 4. The van der Waals surface area contributed by atoms with Gasteiger partial charge in [-0.15, -0.1) is 0 Å². The van der Waals surface area contributed by atoms with Crippen LogP contribution in [0, 0.1) is 5.82 Å². The molecule has 1 nitrogen and oxygen atoms in total. The summed E-state index contributed by atoms with van der Waals surface area (Å²) in [6.07, 6.45) is -0.125. The summed E-state index contributed by atoms with van der Waals surface area (Å²) in [5.74, 6) is -1.15. The fourth-order valence-corrected chi connectivity index (χ4v) is 0.963. The topological polar surface area (TPSA) is 17.1 Å². The van der Waals surface area contributed by atoms with Crippen molar-refractivity contribution in [2.75, 3.05) is 0 Å². The minimum Gasteiger partial charge on any atom is -0.445 e.